The Morgan fingerprint density at radius 3 is 2.76 bits per heavy atom. The van der Waals surface area contributed by atoms with Crippen LogP contribution in [0.25, 0.3) is 10.2 Å². The van der Waals surface area contributed by atoms with Crippen molar-refractivity contribution in [2.45, 2.75) is 18.9 Å². The highest BCUT2D eigenvalue weighted by Gasteiger charge is 2.22. The average Bonchev–Trinajstić information content (AvgIpc) is 3.11. The van der Waals surface area contributed by atoms with Crippen LogP contribution in [0.5, 0.6) is 0 Å². The molecule has 128 valence electrons. The van der Waals surface area contributed by atoms with Crippen LogP contribution in [-0.4, -0.2) is 40.1 Å². The van der Waals surface area contributed by atoms with E-state index in [1.165, 1.54) is 0 Å². The Morgan fingerprint density at radius 1 is 1.16 bits per heavy atom. The molecule has 1 aliphatic heterocycles. The lowest BCUT2D eigenvalue weighted by Crippen LogP contribution is -2.46. The number of nitrogens with zero attached hydrogens (tertiary/aromatic N) is 4. The molecule has 3 aromatic rings. The van der Waals surface area contributed by atoms with Crippen molar-refractivity contribution in [1.29, 1.82) is 0 Å². The van der Waals surface area contributed by atoms with Crippen LogP contribution in [0.2, 0.25) is 0 Å². The molecule has 0 radical (unpaired) electrons. The lowest BCUT2D eigenvalue weighted by Gasteiger charge is -2.32. The molecule has 7 nitrogen and oxygen atoms in total. The van der Waals surface area contributed by atoms with Gasteiger partial charge in [0.2, 0.25) is 5.95 Å². The average molecular weight is 354 g/mol. The molecule has 4 rings (SSSR count). The second-order valence-corrected chi connectivity index (χ2v) is 6.83. The minimum Gasteiger partial charge on any atom is -0.341 e. The van der Waals surface area contributed by atoms with Gasteiger partial charge in [0.25, 0.3) is 0 Å². The van der Waals surface area contributed by atoms with Gasteiger partial charge >= 0.3 is 6.03 Å². The molecule has 1 aromatic carbocycles. The summed E-state index contributed by atoms with van der Waals surface area (Å²) in [5, 5.41) is 5.94. The van der Waals surface area contributed by atoms with Gasteiger partial charge in [-0.3, -0.25) is 0 Å². The Balaban J connectivity index is 1.30. The maximum atomic E-state index is 12.2. The first-order chi connectivity index (χ1) is 12.3. The number of hydrogen-bond acceptors (Lipinski definition) is 6. The lowest BCUT2D eigenvalue weighted by atomic mass is 10.1. The first kappa shape index (κ1) is 15.8. The predicted molar refractivity (Wildman–Crippen MR) is 99.0 cm³/mol. The Kier molecular flexibility index (Phi) is 4.43. The summed E-state index contributed by atoms with van der Waals surface area (Å²) in [4.78, 5) is 27.2. The van der Waals surface area contributed by atoms with Gasteiger partial charge in [-0.2, -0.15) is 0 Å². The molecule has 0 atom stereocenters. The van der Waals surface area contributed by atoms with E-state index in [1.807, 2.05) is 24.3 Å². The third kappa shape index (κ3) is 3.69. The number of fused-ring (bicyclic) bond motifs is 1. The number of nitrogens with one attached hydrogen (secondary N) is 2. The predicted octanol–water partition coefficient (Wildman–Crippen LogP) is 2.88. The highest BCUT2D eigenvalue weighted by atomic mass is 32.1. The zero-order valence-corrected chi connectivity index (χ0v) is 14.4. The maximum Gasteiger partial charge on any atom is 0.319 e. The fraction of sp³-hybridized carbons (Fsp3) is 0.294. The Morgan fingerprint density at radius 2 is 1.96 bits per heavy atom. The summed E-state index contributed by atoms with van der Waals surface area (Å²) in [6.07, 6.45) is 5.24. The summed E-state index contributed by atoms with van der Waals surface area (Å²) in [5.74, 6) is 0.752. The first-order valence-corrected chi connectivity index (χ1v) is 9.08. The topological polar surface area (TPSA) is 83.0 Å². The molecule has 0 bridgehead atoms. The number of carbonyl (C=O) groups is 1. The normalized spacial score (nSPS) is 15.3. The molecule has 0 aliphatic carbocycles. The second-order valence-electron chi connectivity index (χ2n) is 5.94. The number of amides is 2. The second kappa shape index (κ2) is 7.02. The molecule has 0 unspecified atom stereocenters. The number of urea groups is 1. The fourth-order valence-corrected chi connectivity index (χ4v) is 3.63. The van der Waals surface area contributed by atoms with Crippen molar-refractivity contribution in [2.75, 3.05) is 23.3 Å². The van der Waals surface area contributed by atoms with E-state index in [4.69, 9.17) is 0 Å². The van der Waals surface area contributed by atoms with E-state index in [1.54, 1.807) is 29.2 Å². The number of thiazole rings is 1. The van der Waals surface area contributed by atoms with Crippen molar-refractivity contribution < 1.29 is 4.79 Å². The van der Waals surface area contributed by atoms with E-state index >= 15 is 0 Å². The Labute approximate surface area is 149 Å². The van der Waals surface area contributed by atoms with Gasteiger partial charge in [-0.15, -0.1) is 11.3 Å². The minimum atomic E-state index is -0.177. The van der Waals surface area contributed by atoms with Crippen molar-refractivity contribution in [1.82, 2.24) is 20.3 Å². The molecule has 2 aromatic heterocycles. The van der Waals surface area contributed by atoms with Crippen LogP contribution in [0, 0.1) is 0 Å². The van der Waals surface area contributed by atoms with Crippen LogP contribution in [0.3, 0.4) is 0 Å². The highest BCUT2D eigenvalue weighted by molar-refractivity contribution is 7.16. The van der Waals surface area contributed by atoms with Gasteiger partial charge in [-0.25, -0.2) is 19.7 Å². The number of piperidine rings is 1. The third-order valence-corrected chi connectivity index (χ3v) is 5.06. The first-order valence-electron chi connectivity index (χ1n) is 8.21. The van der Waals surface area contributed by atoms with Gasteiger partial charge in [0.1, 0.15) is 0 Å². The highest BCUT2D eigenvalue weighted by Crippen LogP contribution is 2.21. The van der Waals surface area contributed by atoms with E-state index in [-0.39, 0.29) is 12.1 Å². The summed E-state index contributed by atoms with van der Waals surface area (Å²) in [6, 6.07) is 7.55. The van der Waals surface area contributed by atoms with Crippen LogP contribution >= 0.6 is 11.3 Å². The fourth-order valence-electron chi connectivity index (χ4n) is 2.97. The number of anilines is 2. The smallest absolute Gasteiger partial charge is 0.319 e. The van der Waals surface area contributed by atoms with Gasteiger partial charge in [0.15, 0.2) is 0 Å². The molecular weight excluding hydrogens is 336 g/mol. The molecule has 8 heteroatoms. The maximum absolute atomic E-state index is 12.2. The van der Waals surface area contributed by atoms with Crippen LogP contribution < -0.4 is 15.5 Å². The van der Waals surface area contributed by atoms with E-state index in [2.05, 4.69) is 30.5 Å². The standard InChI is InChI=1S/C17H18N6OS/c24-17(22-13-2-3-15-14(10-13)20-11-25-15)21-12-4-8-23(9-5-12)16-18-6-1-7-19-16/h1-3,6-7,10-12H,4-5,8-9H2,(H2,21,22,24). The molecule has 25 heavy (non-hydrogen) atoms. The molecule has 3 heterocycles. The zero-order chi connectivity index (χ0) is 17.1. The van der Waals surface area contributed by atoms with Crippen molar-refractivity contribution >= 4 is 39.2 Å². The number of benzene rings is 1. The van der Waals surface area contributed by atoms with Crippen molar-refractivity contribution in [3.8, 4) is 0 Å². The summed E-state index contributed by atoms with van der Waals surface area (Å²) >= 11 is 1.59. The van der Waals surface area contributed by atoms with Crippen molar-refractivity contribution in [3.63, 3.8) is 0 Å². The monoisotopic (exact) mass is 354 g/mol. The van der Waals surface area contributed by atoms with Crippen LogP contribution in [0.15, 0.2) is 42.2 Å². The quantitative estimate of drug-likeness (QED) is 0.756. The summed E-state index contributed by atoms with van der Waals surface area (Å²) in [6.45, 7) is 1.67. The van der Waals surface area contributed by atoms with Gasteiger partial charge < -0.3 is 15.5 Å². The number of aromatic nitrogens is 3. The molecule has 0 spiro atoms. The SMILES string of the molecule is O=C(Nc1ccc2scnc2c1)NC1CCN(c2ncccn2)CC1. The zero-order valence-electron chi connectivity index (χ0n) is 13.6. The van der Waals surface area contributed by atoms with Gasteiger partial charge in [0, 0.05) is 37.2 Å². The van der Waals surface area contributed by atoms with Gasteiger partial charge in [-0.1, -0.05) is 0 Å². The van der Waals surface area contributed by atoms with Crippen LogP contribution in [0.4, 0.5) is 16.4 Å². The number of rotatable bonds is 3. The Hall–Kier alpha value is -2.74. The summed E-state index contributed by atoms with van der Waals surface area (Å²) in [7, 11) is 0. The molecule has 2 amide bonds. The molecular formula is C17H18N6OS. The third-order valence-electron chi connectivity index (χ3n) is 4.25. The van der Waals surface area contributed by atoms with E-state index in [0.717, 1.165) is 47.8 Å². The largest absolute Gasteiger partial charge is 0.341 e. The van der Waals surface area contributed by atoms with E-state index in [9.17, 15) is 4.79 Å². The Bertz CT molecular complexity index is 860. The molecule has 0 saturated carbocycles. The molecule has 1 aliphatic rings. The summed E-state index contributed by atoms with van der Waals surface area (Å²) in [5.41, 5.74) is 3.46. The number of hydrogen-bond donors (Lipinski definition) is 2. The summed E-state index contributed by atoms with van der Waals surface area (Å²) < 4.78 is 1.11. The van der Waals surface area contributed by atoms with E-state index in [0.29, 0.717) is 0 Å². The molecule has 1 fully saturated rings. The lowest BCUT2D eigenvalue weighted by molar-refractivity contribution is 0.246. The number of carbonyl (C=O) groups excluding carboxylic acids is 1. The van der Waals surface area contributed by atoms with Gasteiger partial charge in [0.05, 0.1) is 15.7 Å². The van der Waals surface area contributed by atoms with E-state index < -0.39 is 0 Å². The molecule has 2 N–H and O–H groups in total. The van der Waals surface area contributed by atoms with Gasteiger partial charge in [-0.05, 0) is 37.1 Å². The minimum absolute atomic E-state index is 0.156. The van der Waals surface area contributed by atoms with Crippen molar-refractivity contribution in [2.24, 2.45) is 0 Å². The molecule has 1 saturated heterocycles. The van der Waals surface area contributed by atoms with Crippen LogP contribution in [0.1, 0.15) is 12.8 Å². The van der Waals surface area contributed by atoms with Crippen LogP contribution in [-0.2, 0) is 0 Å². The van der Waals surface area contributed by atoms with Crippen molar-refractivity contribution in [3.05, 3.63) is 42.2 Å².